The maximum atomic E-state index is 10.8. The summed E-state index contributed by atoms with van der Waals surface area (Å²) in [6, 6.07) is 7.47. The molecule has 15 heavy (non-hydrogen) atoms. The van der Waals surface area contributed by atoms with Crippen LogP contribution < -0.4 is 5.73 Å². The first-order valence-electron chi connectivity index (χ1n) is 4.28. The molecule has 0 unspecified atom stereocenters. The topological polar surface area (TPSA) is 61.6 Å². The largest absolute Gasteiger partial charge is 0.413 e. The maximum absolute atomic E-state index is 10.8. The van der Waals surface area contributed by atoms with Crippen molar-refractivity contribution in [2.45, 2.75) is 12.7 Å². The van der Waals surface area contributed by atoms with Gasteiger partial charge in [0.1, 0.15) is 0 Å². The highest BCUT2D eigenvalue weighted by Crippen LogP contribution is 2.29. The lowest BCUT2D eigenvalue weighted by Crippen LogP contribution is -2.34. The molecule has 1 rings (SSSR count). The van der Waals surface area contributed by atoms with Crippen molar-refractivity contribution in [3.63, 3.8) is 0 Å². The number of carbonyl (C=O) groups excluding carboxylic acids is 1. The lowest BCUT2D eigenvalue weighted by molar-refractivity contribution is -0.178. The molecule has 0 aliphatic heterocycles. The van der Waals surface area contributed by atoms with E-state index in [1.54, 1.807) is 6.92 Å². The van der Waals surface area contributed by atoms with Gasteiger partial charge in [0, 0.05) is 23.2 Å². The Morgan fingerprint density at radius 2 is 2.07 bits per heavy atom. The van der Waals surface area contributed by atoms with Crippen molar-refractivity contribution >= 4 is 28.7 Å². The van der Waals surface area contributed by atoms with Crippen LogP contribution in [0.3, 0.4) is 0 Å². The van der Waals surface area contributed by atoms with Crippen LogP contribution in [0, 0.1) is 3.57 Å². The second-order valence-corrected chi connectivity index (χ2v) is 4.21. The second kappa shape index (κ2) is 4.80. The van der Waals surface area contributed by atoms with Gasteiger partial charge in [-0.25, -0.2) is 4.79 Å². The zero-order valence-electron chi connectivity index (χ0n) is 8.49. The summed E-state index contributed by atoms with van der Waals surface area (Å²) in [6.45, 7) is 1.65. The number of ether oxygens (including phenoxy) is 2. The predicted molar refractivity (Wildman–Crippen MR) is 64.2 cm³/mol. The average molecular weight is 321 g/mol. The minimum Gasteiger partial charge on any atom is -0.413 e. The molecular weight excluding hydrogens is 309 g/mol. The number of amides is 1. The first-order chi connectivity index (χ1) is 6.99. The van der Waals surface area contributed by atoms with Gasteiger partial charge in [-0.2, -0.15) is 0 Å². The monoisotopic (exact) mass is 321 g/mol. The molecule has 1 aromatic carbocycles. The number of rotatable bonds is 3. The number of nitrogens with two attached hydrogens (primary N) is 1. The fraction of sp³-hybridized carbons (Fsp3) is 0.300. The van der Waals surface area contributed by atoms with Crippen molar-refractivity contribution in [2.75, 3.05) is 7.11 Å². The Bertz CT molecular complexity index is 369. The molecule has 4 nitrogen and oxygen atoms in total. The van der Waals surface area contributed by atoms with Crippen LogP contribution in [0.15, 0.2) is 24.3 Å². The Kier molecular flexibility index (Phi) is 3.92. The smallest absolute Gasteiger partial charge is 0.407 e. The van der Waals surface area contributed by atoms with Crippen molar-refractivity contribution in [2.24, 2.45) is 5.73 Å². The van der Waals surface area contributed by atoms with Gasteiger partial charge in [-0.15, -0.1) is 0 Å². The van der Waals surface area contributed by atoms with Gasteiger partial charge >= 0.3 is 6.09 Å². The molecule has 1 atom stereocenters. The van der Waals surface area contributed by atoms with Crippen molar-refractivity contribution in [3.05, 3.63) is 33.4 Å². The van der Waals surface area contributed by atoms with Gasteiger partial charge in [0.15, 0.2) is 0 Å². The molecule has 0 radical (unpaired) electrons. The molecule has 1 aromatic rings. The highest BCUT2D eigenvalue weighted by atomic mass is 127. The van der Waals surface area contributed by atoms with E-state index < -0.39 is 11.9 Å². The summed E-state index contributed by atoms with van der Waals surface area (Å²) in [4.78, 5) is 10.8. The van der Waals surface area contributed by atoms with E-state index in [4.69, 9.17) is 15.2 Å². The van der Waals surface area contributed by atoms with Gasteiger partial charge in [0.2, 0.25) is 5.79 Å². The third-order valence-electron chi connectivity index (χ3n) is 2.05. The summed E-state index contributed by atoms with van der Waals surface area (Å²) in [6.07, 6.45) is -0.862. The summed E-state index contributed by atoms with van der Waals surface area (Å²) >= 11 is 2.14. The number of halogens is 1. The highest BCUT2D eigenvalue weighted by molar-refractivity contribution is 14.1. The number of methoxy groups -OCH3 is 1. The minimum absolute atomic E-state index is 0.770. The third kappa shape index (κ3) is 2.82. The number of carbonyl (C=O) groups is 1. The van der Waals surface area contributed by atoms with E-state index in [2.05, 4.69) is 22.6 Å². The number of hydrogen-bond acceptors (Lipinski definition) is 3. The van der Waals surface area contributed by atoms with Crippen molar-refractivity contribution in [3.8, 4) is 0 Å². The molecule has 0 aromatic heterocycles. The Morgan fingerprint density at radius 3 is 2.53 bits per heavy atom. The van der Waals surface area contributed by atoms with Crippen LogP contribution in [0.5, 0.6) is 0 Å². The van der Waals surface area contributed by atoms with Gasteiger partial charge in [-0.1, -0.05) is 18.2 Å². The lowest BCUT2D eigenvalue weighted by atomic mass is 10.1. The fourth-order valence-electron chi connectivity index (χ4n) is 1.23. The Balaban J connectivity index is 3.11. The fourth-order valence-corrected chi connectivity index (χ4v) is 2.11. The molecule has 0 aliphatic rings. The van der Waals surface area contributed by atoms with E-state index in [1.165, 1.54) is 7.11 Å². The SMILES string of the molecule is CO[C@@](C)(OC(N)=O)c1ccccc1I. The van der Waals surface area contributed by atoms with Crippen LogP contribution in [-0.4, -0.2) is 13.2 Å². The molecule has 82 valence electrons. The summed E-state index contributed by atoms with van der Waals surface area (Å²) in [5.41, 5.74) is 5.77. The first-order valence-corrected chi connectivity index (χ1v) is 5.36. The van der Waals surface area contributed by atoms with Crippen LogP contribution in [-0.2, 0) is 15.3 Å². The molecule has 0 saturated carbocycles. The van der Waals surface area contributed by atoms with Gasteiger partial charge in [0.05, 0.1) is 0 Å². The van der Waals surface area contributed by atoms with Gasteiger partial charge < -0.3 is 15.2 Å². The molecule has 0 fully saturated rings. The van der Waals surface area contributed by atoms with E-state index in [0.29, 0.717) is 0 Å². The van der Waals surface area contributed by atoms with Crippen molar-refractivity contribution in [1.82, 2.24) is 0 Å². The summed E-state index contributed by atoms with van der Waals surface area (Å²) in [7, 11) is 1.46. The van der Waals surface area contributed by atoms with Crippen LogP contribution in [0.2, 0.25) is 0 Å². The number of hydrogen-bond donors (Lipinski definition) is 1. The predicted octanol–water partition coefficient (Wildman–Crippen LogP) is 2.21. The number of primary amides is 1. The molecule has 0 saturated heterocycles. The summed E-state index contributed by atoms with van der Waals surface area (Å²) < 4.78 is 11.1. The second-order valence-electron chi connectivity index (χ2n) is 3.05. The van der Waals surface area contributed by atoms with Gasteiger partial charge in [-0.3, -0.25) is 0 Å². The van der Waals surface area contributed by atoms with E-state index >= 15 is 0 Å². The zero-order valence-corrected chi connectivity index (χ0v) is 10.6. The van der Waals surface area contributed by atoms with Crippen LogP contribution in [0.1, 0.15) is 12.5 Å². The first kappa shape index (κ1) is 12.3. The Morgan fingerprint density at radius 1 is 1.47 bits per heavy atom. The van der Waals surface area contributed by atoms with Crippen molar-refractivity contribution in [1.29, 1.82) is 0 Å². The van der Waals surface area contributed by atoms with Crippen molar-refractivity contribution < 1.29 is 14.3 Å². The Hall–Kier alpha value is -0.820. The molecule has 0 heterocycles. The average Bonchev–Trinajstić information content (AvgIpc) is 2.17. The standard InChI is InChI=1S/C10H12INO3/c1-10(14-2,15-9(12)13)7-5-3-4-6-8(7)11/h3-6H,1-2H3,(H2,12,13)/t10-/m0/s1. The van der Waals surface area contributed by atoms with Crippen LogP contribution in [0.4, 0.5) is 4.79 Å². The normalized spacial score (nSPS) is 14.3. The molecule has 0 bridgehead atoms. The third-order valence-corrected chi connectivity index (χ3v) is 2.99. The van der Waals surface area contributed by atoms with E-state index in [0.717, 1.165) is 9.13 Å². The van der Waals surface area contributed by atoms with Gasteiger partial charge in [-0.05, 0) is 28.7 Å². The molecule has 2 N–H and O–H groups in total. The Labute approximate surface area is 102 Å². The molecule has 1 amide bonds. The van der Waals surface area contributed by atoms with E-state index in [1.807, 2.05) is 24.3 Å². The quantitative estimate of drug-likeness (QED) is 0.686. The summed E-state index contributed by atoms with van der Waals surface area (Å²) in [5, 5.41) is 0. The van der Waals surface area contributed by atoms with E-state index in [9.17, 15) is 4.79 Å². The lowest BCUT2D eigenvalue weighted by Gasteiger charge is -2.28. The highest BCUT2D eigenvalue weighted by Gasteiger charge is 2.31. The zero-order chi connectivity index (χ0) is 11.5. The summed E-state index contributed by atoms with van der Waals surface area (Å²) in [5.74, 6) is -1.14. The van der Waals surface area contributed by atoms with E-state index in [-0.39, 0.29) is 0 Å². The van der Waals surface area contributed by atoms with Crippen LogP contribution >= 0.6 is 22.6 Å². The number of benzene rings is 1. The minimum atomic E-state index is -1.14. The molecule has 0 spiro atoms. The van der Waals surface area contributed by atoms with Crippen LogP contribution in [0.25, 0.3) is 0 Å². The maximum Gasteiger partial charge on any atom is 0.407 e. The molecular formula is C10H12INO3. The molecule has 5 heteroatoms. The van der Waals surface area contributed by atoms with Gasteiger partial charge in [0.25, 0.3) is 0 Å². The molecule has 0 aliphatic carbocycles.